The van der Waals surface area contributed by atoms with Gasteiger partial charge in [-0.15, -0.1) is 10.2 Å². The molecule has 22 nitrogen and oxygen atoms in total. The summed E-state index contributed by atoms with van der Waals surface area (Å²) in [7, 11) is -9.14. The first-order valence-corrected chi connectivity index (χ1v) is 24.1. The standard InChI is InChI=1S/C23H25N9O13S4.I2.4Na/c24-15-3-1-12-9-14(46-44-42-34)11-17(33)19(12)20(15)32-31-16-4-2-13(10-18(16)47-45-43-35)27-23-29-21(25-5-7-48(36,37)38)28-22(30-23)26-6-8-49(39,40)41;1-2;;;;/h1-4,9-11,33-35H,5-8,24H2,(H,36,37,38)(H,39,40,41)(H3,25,26,27,28,29,30);;;;;/q;;4*+1/p-4. The maximum atomic E-state index is 11.0. The minimum absolute atomic E-state index is 0. The Morgan fingerprint density at radius 1 is 0.782 bits per heavy atom. The molecule has 0 radical (unpaired) electrons. The van der Waals surface area contributed by atoms with Crippen LogP contribution in [-0.2, 0) is 39.0 Å². The molecule has 0 spiro atoms. The topological polar surface area (TPSA) is 343 Å². The van der Waals surface area contributed by atoms with Gasteiger partial charge in [0.05, 0.1) is 71.8 Å². The van der Waals surface area contributed by atoms with E-state index < -0.39 is 31.7 Å². The summed E-state index contributed by atoms with van der Waals surface area (Å²) in [5.74, 6) is -2.47. The Morgan fingerprint density at radius 2 is 1.33 bits per heavy atom. The van der Waals surface area contributed by atoms with E-state index in [-0.39, 0.29) is 188 Å². The van der Waals surface area contributed by atoms with Crippen LogP contribution in [-0.4, -0.2) is 70.6 Å². The van der Waals surface area contributed by atoms with Crippen LogP contribution in [0.1, 0.15) is 0 Å². The summed E-state index contributed by atoms with van der Waals surface area (Å²) in [6.45, 7) is -0.749. The molecule has 278 valence electrons. The van der Waals surface area contributed by atoms with Gasteiger partial charge in [0.25, 0.3) is 0 Å². The maximum Gasteiger partial charge on any atom is 1.00 e. The van der Waals surface area contributed by atoms with Crippen molar-refractivity contribution < 1.29 is 179 Å². The molecule has 0 unspecified atom stereocenters. The van der Waals surface area contributed by atoms with Crippen molar-refractivity contribution in [3.05, 3.63) is 42.5 Å². The van der Waals surface area contributed by atoms with E-state index in [1.807, 2.05) is 0 Å². The van der Waals surface area contributed by atoms with Gasteiger partial charge in [0.1, 0.15) is 17.1 Å². The molecule has 32 heteroatoms. The first kappa shape index (κ1) is 58.4. The number of fused-ring (bicyclic) bond motifs is 1. The first-order chi connectivity index (χ1) is 24.2. The van der Waals surface area contributed by atoms with Crippen molar-refractivity contribution in [2.24, 2.45) is 10.2 Å². The zero-order valence-corrected chi connectivity index (χ0v) is 44.5. The number of hydrogen-bond acceptors (Lipinski definition) is 24. The predicted molar refractivity (Wildman–Crippen MR) is 194 cm³/mol. The predicted octanol–water partition coefficient (Wildman–Crippen LogP) is -9.37. The van der Waals surface area contributed by atoms with Gasteiger partial charge in [-0.1, -0.05) is 6.07 Å². The number of aromatic hydroxyl groups is 1. The van der Waals surface area contributed by atoms with Crippen molar-refractivity contribution in [2.45, 2.75) is 9.79 Å². The minimum atomic E-state index is -4.57. The molecule has 0 atom stereocenters. The number of nitrogens with one attached hydrogen (secondary N) is 3. The molecule has 1 heterocycles. The zero-order chi connectivity index (χ0) is 37.6. The van der Waals surface area contributed by atoms with Crippen LogP contribution in [0.3, 0.4) is 0 Å². The number of halogens is 2. The normalized spacial score (nSPS) is 10.9. The zero-order valence-electron chi connectivity index (χ0n) is 28.9. The summed E-state index contributed by atoms with van der Waals surface area (Å²) < 4.78 is 74.6. The second kappa shape index (κ2) is 29.5. The number of phenolic OH excluding ortho intramolecular Hbond substituents is 1. The molecule has 0 bridgehead atoms. The van der Waals surface area contributed by atoms with Gasteiger partial charge < -0.3 is 46.4 Å². The van der Waals surface area contributed by atoms with E-state index in [1.165, 1.54) is 30.3 Å². The number of aromatic nitrogens is 3. The number of hydrogen-bond donors (Lipinski definition) is 5. The van der Waals surface area contributed by atoms with Gasteiger partial charge in [0, 0.05) is 60.9 Å². The number of nitrogen functional groups attached to an aromatic ring is 1. The van der Waals surface area contributed by atoms with Gasteiger partial charge >= 0.3 is 118 Å². The molecule has 4 aromatic rings. The molecule has 0 aliphatic rings. The van der Waals surface area contributed by atoms with E-state index >= 15 is 0 Å². The van der Waals surface area contributed by atoms with E-state index in [4.69, 9.17) is 5.73 Å². The van der Waals surface area contributed by atoms with Gasteiger partial charge in [-0.2, -0.15) is 23.6 Å². The van der Waals surface area contributed by atoms with Gasteiger partial charge in [-0.3, -0.25) is 10.1 Å². The third kappa shape index (κ3) is 21.1. The number of nitrogens with two attached hydrogens (primary N) is 1. The molecule has 4 rings (SSSR count). The summed E-state index contributed by atoms with van der Waals surface area (Å²) in [6, 6.07) is 10.3. The second-order valence-corrected chi connectivity index (χ2v) is 13.7. The number of rotatable bonds is 18. The van der Waals surface area contributed by atoms with Crippen molar-refractivity contribution in [1.82, 2.24) is 15.0 Å². The van der Waals surface area contributed by atoms with Crippen LogP contribution < -0.4 is 150 Å². The van der Waals surface area contributed by atoms with Gasteiger partial charge in [-0.05, 0) is 41.8 Å². The molecular formula is C23H21I2N9Na4O13S4. The van der Waals surface area contributed by atoms with E-state index in [9.17, 15) is 41.6 Å². The summed E-state index contributed by atoms with van der Waals surface area (Å²) in [6.07, 6.45) is 0. The fourth-order valence-electron chi connectivity index (χ4n) is 3.81. The monoisotopic (exact) mass is 1100 g/mol. The molecule has 3 aromatic carbocycles. The molecule has 6 N–H and O–H groups in total. The van der Waals surface area contributed by atoms with Crippen LogP contribution >= 0.6 is 61.3 Å². The molecule has 1 aromatic heterocycles. The van der Waals surface area contributed by atoms with Crippen molar-refractivity contribution in [3.63, 3.8) is 0 Å². The summed E-state index contributed by atoms with van der Waals surface area (Å²) in [4.78, 5) is 12.6. The Balaban J connectivity index is 0. The maximum absolute atomic E-state index is 11.0. The molecule has 0 aliphatic carbocycles. The van der Waals surface area contributed by atoms with Crippen LogP contribution in [0, 0.1) is 0 Å². The third-order valence-electron chi connectivity index (χ3n) is 5.76. The molecule has 0 amide bonds. The molecule has 0 fully saturated rings. The summed E-state index contributed by atoms with van der Waals surface area (Å²) >= 11 is 5.25. The van der Waals surface area contributed by atoms with Crippen LogP contribution in [0.5, 0.6) is 5.75 Å². The Labute approximate surface area is 433 Å². The van der Waals surface area contributed by atoms with Crippen LogP contribution in [0.2, 0.25) is 0 Å². The van der Waals surface area contributed by atoms with Crippen LogP contribution in [0.4, 0.5) is 40.6 Å². The third-order valence-corrected chi connectivity index (χ3v) is 8.35. The average Bonchev–Trinajstić information content (AvgIpc) is 3.06. The van der Waals surface area contributed by atoms with E-state index in [1.54, 1.807) is 12.1 Å². The molecule has 0 aliphatic heterocycles. The van der Waals surface area contributed by atoms with E-state index in [0.717, 1.165) is 0 Å². The molecule has 55 heavy (non-hydrogen) atoms. The Morgan fingerprint density at radius 3 is 1.87 bits per heavy atom. The molecule has 0 saturated carbocycles. The van der Waals surface area contributed by atoms with Crippen LogP contribution in [0.25, 0.3) is 10.8 Å². The quantitative estimate of drug-likeness (QED) is 0.00903. The number of phenols is 1. The van der Waals surface area contributed by atoms with Crippen molar-refractivity contribution in [1.29, 1.82) is 0 Å². The van der Waals surface area contributed by atoms with Gasteiger partial charge in [0.2, 0.25) is 17.8 Å². The number of azo groups is 1. The Hall–Kier alpha value is 1.27. The Bertz CT molecular complexity index is 2020. The second-order valence-electron chi connectivity index (χ2n) is 9.17. The first-order valence-electron chi connectivity index (χ1n) is 13.1. The number of anilines is 5. The Kier molecular flexibility index (Phi) is 31.3. The SMILES string of the molecule is II.Nc1ccc2cc(SOO[O-])cc(O)c2c1N=Nc1ccc(Nc2nc(NCCS(=O)(=O)[O-])nc(NCCS(=O)(=O)[O-])n2)cc1SOO[O-].[Na+].[Na+].[Na+].[Na+]. The van der Waals surface area contributed by atoms with E-state index in [0.29, 0.717) is 34.4 Å². The van der Waals surface area contributed by atoms with Crippen molar-refractivity contribution in [3.8, 4) is 5.75 Å². The average molecular weight is 1110 g/mol. The number of nitrogens with zero attached hydrogens (tertiary/aromatic N) is 5. The molecule has 0 saturated heterocycles. The summed E-state index contributed by atoms with van der Waals surface area (Å²) in [5.41, 5.74) is 6.70. The number of benzene rings is 3. The van der Waals surface area contributed by atoms with Gasteiger partial charge in [0.15, 0.2) is 0 Å². The summed E-state index contributed by atoms with van der Waals surface area (Å²) in [5, 5.41) is 55.2. The largest absolute Gasteiger partial charge is 1.00 e. The molecular weight excluding hydrogens is 1080 g/mol. The van der Waals surface area contributed by atoms with Gasteiger partial charge in [-0.25, -0.2) is 16.8 Å². The van der Waals surface area contributed by atoms with Crippen molar-refractivity contribution >= 4 is 133 Å². The van der Waals surface area contributed by atoms with Crippen molar-refractivity contribution in [2.75, 3.05) is 46.3 Å². The van der Waals surface area contributed by atoms with E-state index in [2.05, 4.69) is 97.1 Å². The minimum Gasteiger partial charge on any atom is -0.748 e. The van der Waals surface area contributed by atoms with Crippen LogP contribution in [0.15, 0.2) is 62.5 Å². The smallest absolute Gasteiger partial charge is 0.748 e. The fourth-order valence-corrected chi connectivity index (χ4v) is 5.43. The fraction of sp³-hybridized carbons (Fsp3) is 0.174.